The number of aromatic nitrogens is 3. The van der Waals surface area contributed by atoms with E-state index >= 15 is 0 Å². The number of pyridine rings is 2. The molecule has 0 bridgehead atoms. The van der Waals surface area contributed by atoms with Gasteiger partial charge in [0.1, 0.15) is 17.2 Å². The SMILES string of the molecule is CCN1CCN(CC2CC2)CC1.COc1nccc(OC2CC2)c1-c1c[nH]c2nc(NC=O)ccc12. The van der Waals surface area contributed by atoms with Gasteiger partial charge in [0, 0.05) is 56.1 Å². The average Bonchev–Trinajstić information content (AvgIpc) is 3.85. The highest BCUT2D eigenvalue weighted by Crippen LogP contribution is 2.42. The van der Waals surface area contributed by atoms with Gasteiger partial charge in [-0.15, -0.1) is 0 Å². The summed E-state index contributed by atoms with van der Waals surface area (Å²) < 4.78 is 11.5. The minimum absolute atomic E-state index is 0.266. The van der Waals surface area contributed by atoms with Crippen LogP contribution in [0.2, 0.25) is 0 Å². The number of aromatic amines is 1. The predicted molar refractivity (Wildman–Crippen MR) is 140 cm³/mol. The van der Waals surface area contributed by atoms with Crippen molar-refractivity contribution in [2.75, 3.05) is 51.7 Å². The van der Waals surface area contributed by atoms with Crippen molar-refractivity contribution < 1.29 is 14.3 Å². The summed E-state index contributed by atoms with van der Waals surface area (Å²) in [5.41, 5.74) is 2.37. The number of rotatable bonds is 9. The molecule has 0 aromatic carbocycles. The maximum absolute atomic E-state index is 10.6. The van der Waals surface area contributed by atoms with E-state index in [-0.39, 0.29) is 6.10 Å². The van der Waals surface area contributed by atoms with Gasteiger partial charge in [-0.1, -0.05) is 6.92 Å². The minimum Gasteiger partial charge on any atom is -0.490 e. The van der Waals surface area contributed by atoms with E-state index in [0.29, 0.717) is 23.8 Å². The maximum Gasteiger partial charge on any atom is 0.224 e. The van der Waals surface area contributed by atoms with Gasteiger partial charge in [-0.05, 0) is 56.3 Å². The molecule has 0 radical (unpaired) electrons. The summed E-state index contributed by atoms with van der Waals surface area (Å²) >= 11 is 0. The standard InChI is InChI=1S/C17H16N4O3.C10H20N2/c1-23-17-15(13(6-7-18-17)24-10-2-3-10)12-8-19-16-11(12)4-5-14(21-16)20-9-22;1-2-11-5-7-12(8-6-11)9-10-3-4-10/h4-10H,2-3H2,1H3,(H2,19,20,21,22);10H,2-9H2,1H3. The number of hydrogen-bond donors (Lipinski definition) is 2. The zero-order valence-electron chi connectivity index (χ0n) is 21.2. The number of anilines is 1. The fourth-order valence-corrected chi connectivity index (χ4v) is 4.60. The Morgan fingerprint density at radius 2 is 1.89 bits per heavy atom. The van der Waals surface area contributed by atoms with E-state index in [4.69, 9.17) is 9.47 Å². The summed E-state index contributed by atoms with van der Waals surface area (Å²) in [5.74, 6) is 2.81. The van der Waals surface area contributed by atoms with Gasteiger partial charge in [-0.3, -0.25) is 4.79 Å². The first-order valence-corrected chi connectivity index (χ1v) is 13.0. The van der Waals surface area contributed by atoms with Crippen molar-refractivity contribution >= 4 is 23.3 Å². The number of carbonyl (C=O) groups excluding carboxylic acids is 1. The second-order valence-electron chi connectivity index (χ2n) is 9.75. The minimum atomic E-state index is 0.266. The van der Waals surface area contributed by atoms with E-state index in [0.717, 1.165) is 41.0 Å². The van der Waals surface area contributed by atoms with Gasteiger partial charge >= 0.3 is 0 Å². The lowest BCUT2D eigenvalue weighted by atomic mass is 10.1. The number of H-pyrrole nitrogens is 1. The number of amides is 1. The molecule has 0 spiro atoms. The third-order valence-corrected chi connectivity index (χ3v) is 7.03. The van der Waals surface area contributed by atoms with Crippen molar-refractivity contribution in [2.45, 2.75) is 38.7 Å². The lowest BCUT2D eigenvalue weighted by molar-refractivity contribution is -0.105. The first-order chi connectivity index (χ1) is 17.7. The van der Waals surface area contributed by atoms with Crippen molar-refractivity contribution in [3.8, 4) is 22.8 Å². The van der Waals surface area contributed by atoms with E-state index in [1.807, 2.05) is 18.3 Å². The van der Waals surface area contributed by atoms with Gasteiger partial charge in [-0.2, -0.15) is 0 Å². The normalized spacial score (nSPS) is 18.4. The molecule has 192 valence electrons. The average molecular weight is 493 g/mol. The maximum atomic E-state index is 10.6. The third kappa shape index (κ3) is 5.96. The molecule has 2 saturated carbocycles. The monoisotopic (exact) mass is 492 g/mol. The summed E-state index contributed by atoms with van der Waals surface area (Å²) in [6.07, 6.45) is 9.52. The molecular formula is C27H36N6O3. The summed E-state index contributed by atoms with van der Waals surface area (Å²) in [4.78, 5) is 27.6. The lowest BCUT2D eigenvalue weighted by Gasteiger charge is -2.33. The molecule has 4 heterocycles. The van der Waals surface area contributed by atoms with Gasteiger partial charge in [0.2, 0.25) is 12.3 Å². The Hall–Kier alpha value is -3.17. The van der Waals surface area contributed by atoms with Crippen LogP contribution in [0.25, 0.3) is 22.2 Å². The lowest BCUT2D eigenvalue weighted by Crippen LogP contribution is -2.46. The van der Waals surface area contributed by atoms with Crippen LogP contribution in [-0.2, 0) is 4.79 Å². The van der Waals surface area contributed by atoms with Crippen molar-refractivity contribution in [2.24, 2.45) is 5.92 Å². The Labute approximate surface area is 212 Å². The fraction of sp³-hybridized carbons (Fsp3) is 0.519. The van der Waals surface area contributed by atoms with Gasteiger partial charge in [0.25, 0.3) is 0 Å². The van der Waals surface area contributed by atoms with E-state index in [2.05, 4.69) is 37.0 Å². The molecule has 0 unspecified atom stereocenters. The van der Waals surface area contributed by atoms with Crippen LogP contribution in [0.4, 0.5) is 5.82 Å². The van der Waals surface area contributed by atoms with Crippen LogP contribution in [-0.4, -0.2) is 83.6 Å². The zero-order valence-corrected chi connectivity index (χ0v) is 21.2. The number of likely N-dealkylation sites (N-methyl/N-ethyl adjacent to an activating group) is 1. The smallest absolute Gasteiger partial charge is 0.224 e. The Morgan fingerprint density at radius 3 is 2.56 bits per heavy atom. The zero-order chi connectivity index (χ0) is 24.9. The Balaban J connectivity index is 0.000000186. The van der Waals surface area contributed by atoms with Crippen LogP contribution in [0.3, 0.4) is 0 Å². The molecule has 1 amide bonds. The number of hydrogen-bond acceptors (Lipinski definition) is 7. The molecule has 3 aromatic rings. The quantitative estimate of drug-likeness (QED) is 0.439. The number of piperazine rings is 1. The van der Waals surface area contributed by atoms with Crippen molar-refractivity contribution in [3.05, 3.63) is 30.6 Å². The van der Waals surface area contributed by atoms with Crippen LogP contribution in [0.5, 0.6) is 11.6 Å². The molecule has 3 aromatic heterocycles. The Kier molecular flexibility index (Phi) is 7.67. The summed E-state index contributed by atoms with van der Waals surface area (Å²) in [6, 6.07) is 5.50. The second kappa shape index (κ2) is 11.3. The van der Waals surface area contributed by atoms with Crippen molar-refractivity contribution in [1.29, 1.82) is 0 Å². The molecule has 9 heteroatoms. The summed E-state index contributed by atoms with van der Waals surface area (Å²) in [7, 11) is 1.59. The number of nitrogens with one attached hydrogen (secondary N) is 2. The molecule has 1 aliphatic heterocycles. The predicted octanol–water partition coefficient (Wildman–Crippen LogP) is 3.78. The van der Waals surface area contributed by atoms with Gasteiger partial charge < -0.3 is 29.6 Å². The third-order valence-electron chi connectivity index (χ3n) is 7.03. The van der Waals surface area contributed by atoms with E-state index < -0.39 is 0 Å². The summed E-state index contributed by atoms with van der Waals surface area (Å²) in [6.45, 7) is 10.1. The first kappa shape index (κ1) is 24.5. The van der Waals surface area contributed by atoms with Gasteiger partial charge in [0.05, 0.1) is 18.8 Å². The fourth-order valence-electron chi connectivity index (χ4n) is 4.60. The molecule has 0 atom stereocenters. The molecule has 3 fully saturated rings. The molecule has 6 rings (SSSR count). The van der Waals surface area contributed by atoms with E-state index in [9.17, 15) is 4.79 Å². The number of nitrogens with zero attached hydrogens (tertiary/aromatic N) is 4. The number of fused-ring (bicyclic) bond motifs is 1. The van der Waals surface area contributed by atoms with Crippen LogP contribution >= 0.6 is 0 Å². The van der Waals surface area contributed by atoms with Crippen molar-refractivity contribution in [3.63, 3.8) is 0 Å². The molecule has 2 aliphatic carbocycles. The first-order valence-electron chi connectivity index (χ1n) is 13.0. The highest BCUT2D eigenvalue weighted by atomic mass is 16.5. The highest BCUT2D eigenvalue weighted by molar-refractivity contribution is 5.97. The highest BCUT2D eigenvalue weighted by Gasteiger charge is 2.27. The van der Waals surface area contributed by atoms with Crippen molar-refractivity contribution in [1.82, 2.24) is 24.8 Å². The Morgan fingerprint density at radius 1 is 1.11 bits per heavy atom. The van der Waals surface area contributed by atoms with Crippen LogP contribution in [0.1, 0.15) is 32.6 Å². The molecule has 3 aliphatic rings. The number of ether oxygens (including phenoxy) is 2. The largest absolute Gasteiger partial charge is 0.490 e. The summed E-state index contributed by atoms with van der Waals surface area (Å²) in [5, 5.41) is 3.44. The van der Waals surface area contributed by atoms with Crippen LogP contribution in [0, 0.1) is 5.92 Å². The molecular weight excluding hydrogens is 456 g/mol. The topological polar surface area (TPSA) is 95.6 Å². The molecule has 36 heavy (non-hydrogen) atoms. The van der Waals surface area contributed by atoms with Crippen LogP contribution < -0.4 is 14.8 Å². The number of methoxy groups -OCH3 is 1. The van der Waals surface area contributed by atoms with Gasteiger partial charge in [-0.25, -0.2) is 9.97 Å². The van der Waals surface area contributed by atoms with Crippen LogP contribution in [0.15, 0.2) is 30.6 Å². The van der Waals surface area contributed by atoms with Gasteiger partial charge in [0.15, 0.2) is 0 Å². The second-order valence-corrected chi connectivity index (χ2v) is 9.75. The molecule has 1 saturated heterocycles. The molecule has 9 nitrogen and oxygen atoms in total. The number of carbonyl (C=O) groups is 1. The Bertz CT molecular complexity index is 1170. The van der Waals surface area contributed by atoms with E-state index in [1.54, 1.807) is 19.4 Å². The molecule has 2 N–H and O–H groups in total. The van der Waals surface area contributed by atoms with E-state index in [1.165, 1.54) is 52.1 Å².